The number of nitrogens with zero attached hydrogens (tertiary/aromatic N) is 2. The maximum Gasteiger partial charge on any atom is 0.238 e. The number of carbonyl (C=O) groups is 2. The van der Waals surface area contributed by atoms with Gasteiger partial charge in [0.1, 0.15) is 0 Å². The normalized spacial score (nSPS) is 16.2. The Morgan fingerprint density at radius 3 is 2.28 bits per heavy atom. The molecule has 2 N–H and O–H groups in total. The van der Waals surface area contributed by atoms with E-state index < -0.39 is 0 Å². The van der Waals surface area contributed by atoms with Gasteiger partial charge in [0.2, 0.25) is 11.8 Å². The molecule has 1 aliphatic heterocycles. The molecule has 154 valence electrons. The first-order chi connectivity index (χ1) is 14.0. The zero-order valence-electron chi connectivity index (χ0n) is 17.2. The van der Waals surface area contributed by atoms with E-state index in [1.165, 1.54) is 5.56 Å². The number of carbonyl (C=O) groups excluding carboxylic acids is 2. The van der Waals surface area contributed by atoms with Crippen molar-refractivity contribution in [1.82, 2.24) is 15.1 Å². The summed E-state index contributed by atoms with van der Waals surface area (Å²) in [6.07, 6.45) is 0. The molecule has 0 unspecified atom stereocenters. The van der Waals surface area contributed by atoms with Gasteiger partial charge < -0.3 is 10.6 Å². The van der Waals surface area contributed by atoms with Crippen LogP contribution in [0.25, 0.3) is 0 Å². The fourth-order valence-electron chi connectivity index (χ4n) is 3.45. The fraction of sp³-hybridized carbons (Fsp3) is 0.391. The van der Waals surface area contributed by atoms with E-state index in [9.17, 15) is 9.59 Å². The lowest BCUT2D eigenvalue weighted by atomic mass is 10.2. The van der Waals surface area contributed by atoms with Gasteiger partial charge in [0, 0.05) is 38.4 Å². The van der Waals surface area contributed by atoms with Crippen LogP contribution in [-0.4, -0.2) is 60.4 Å². The first kappa shape index (κ1) is 21.0. The summed E-state index contributed by atoms with van der Waals surface area (Å²) in [5.74, 6) is 0.0374. The minimum absolute atomic E-state index is 0.00374. The highest BCUT2D eigenvalue weighted by molar-refractivity contribution is 5.92. The number of amides is 2. The van der Waals surface area contributed by atoms with E-state index in [0.717, 1.165) is 37.4 Å². The predicted octanol–water partition coefficient (Wildman–Crippen LogP) is 2.26. The van der Waals surface area contributed by atoms with Crippen molar-refractivity contribution in [3.05, 3.63) is 65.7 Å². The quantitative estimate of drug-likeness (QED) is 0.756. The van der Waals surface area contributed by atoms with E-state index in [1.807, 2.05) is 68.4 Å². The second kappa shape index (κ2) is 10.2. The largest absolute Gasteiger partial charge is 0.351 e. The molecule has 1 fully saturated rings. The van der Waals surface area contributed by atoms with Gasteiger partial charge in [-0.05, 0) is 31.5 Å². The molecule has 1 aliphatic rings. The van der Waals surface area contributed by atoms with Crippen LogP contribution in [0.2, 0.25) is 0 Å². The van der Waals surface area contributed by atoms with E-state index in [2.05, 4.69) is 20.4 Å². The molecular formula is C23H30N4O2. The van der Waals surface area contributed by atoms with Crippen LogP contribution >= 0.6 is 0 Å². The zero-order chi connectivity index (χ0) is 20.6. The number of rotatable bonds is 7. The molecule has 0 spiro atoms. The first-order valence-corrected chi connectivity index (χ1v) is 10.2. The number of benzene rings is 2. The smallest absolute Gasteiger partial charge is 0.238 e. The highest BCUT2D eigenvalue weighted by Gasteiger charge is 2.26. The van der Waals surface area contributed by atoms with Crippen LogP contribution in [0.15, 0.2) is 54.6 Å². The van der Waals surface area contributed by atoms with E-state index in [1.54, 1.807) is 0 Å². The Morgan fingerprint density at radius 1 is 0.966 bits per heavy atom. The van der Waals surface area contributed by atoms with Gasteiger partial charge in [0.25, 0.3) is 0 Å². The van der Waals surface area contributed by atoms with Gasteiger partial charge in [-0.1, -0.05) is 48.0 Å². The Morgan fingerprint density at radius 2 is 1.62 bits per heavy atom. The summed E-state index contributed by atoms with van der Waals surface area (Å²) < 4.78 is 0. The molecule has 1 atom stereocenters. The highest BCUT2D eigenvalue weighted by atomic mass is 16.2. The van der Waals surface area contributed by atoms with Gasteiger partial charge in [0.15, 0.2) is 0 Å². The minimum Gasteiger partial charge on any atom is -0.351 e. The molecule has 2 amide bonds. The minimum atomic E-state index is -0.178. The van der Waals surface area contributed by atoms with Crippen molar-refractivity contribution in [2.75, 3.05) is 38.0 Å². The summed E-state index contributed by atoms with van der Waals surface area (Å²) in [4.78, 5) is 29.1. The van der Waals surface area contributed by atoms with Crippen LogP contribution in [0.5, 0.6) is 0 Å². The summed E-state index contributed by atoms with van der Waals surface area (Å²) >= 11 is 0. The Labute approximate surface area is 172 Å². The van der Waals surface area contributed by atoms with E-state index in [4.69, 9.17) is 0 Å². The molecule has 6 heteroatoms. The third kappa shape index (κ3) is 6.41. The van der Waals surface area contributed by atoms with Gasteiger partial charge in [-0.25, -0.2) is 0 Å². The zero-order valence-corrected chi connectivity index (χ0v) is 17.2. The number of hydrogen-bond acceptors (Lipinski definition) is 4. The molecule has 1 saturated heterocycles. The molecular weight excluding hydrogens is 364 g/mol. The summed E-state index contributed by atoms with van der Waals surface area (Å²) in [6, 6.07) is 17.5. The standard InChI is InChI=1S/C23H30N4O2/c1-18-8-10-21(11-9-18)25-22(28)17-26-12-14-27(15-13-26)19(2)23(29)24-16-20-6-4-3-5-7-20/h3-11,19H,12-17H2,1-2H3,(H,24,29)(H,25,28)/t19-/m1/s1. The Kier molecular flexibility index (Phi) is 7.38. The van der Waals surface area contributed by atoms with Gasteiger partial charge >= 0.3 is 0 Å². The number of piperazine rings is 1. The van der Waals surface area contributed by atoms with Crippen molar-refractivity contribution in [2.24, 2.45) is 0 Å². The van der Waals surface area contributed by atoms with Crippen LogP contribution in [0, 0.1) is 6.92 Å². The third-order valence-electron chi connectivity index (χ3n) is 5.35. The molecule has 6 nitrogen and oxygen atoms in total. The molecule has 0 radical (unpaired) electrons. The molecule has 0 aromatic heterocycles. The topological polar surface area (TPSA) is 64.7 Å². The molecule has 3 rings (SSSR count). The van der Waals surface area contributed by atoms with Crippen molar-refractivity contribution in [3.63, 3.8) is 0 Å². The third-order valence-corrected chi connectivity index (χ3v) is 5.35. The lowest BCUT2D eigenvalue weighted by Gasteiger charge is -2.37. The van der Waals surface area contributed by atoms with Crippen LogP contribution < -0.4 is 10.6 Å². The van der Waals surface area contributed by atoms with Crippen molar-refractivity contribution in [2.45, 2.75) is 26.4 Å². The maximum absolute atomic E-state index is 12.5. The average molecular weight is 395 g/mol. The van der Waals surface area contributed by atoms with Gasteiger partial charge in [-0.3, -0.25) is 19.4 Å². The lowest BCUT2D eigenvalue weighted by Crippen LogP contribution is -2.54. The number of hydrogen-bond donors (Lipinski definition) is 2. The number of aryl methyl sites for hydroxylation is 1. The average Bonchev–Trinajstić information content (AvgIpc) is 2.74. The van der Waals surface area contributed by atoms with Crippen LogP contribution in [-0.2, 0) is 16.1 Å². The molecule has 0 saturated carbocycles. The van der Waals surface area contributed by atoms with Crippen molar-refractivity contribution < 1.29 is 9.59 Å². The van der Waals surface area contributed by atoms with Crippen molar-refractivity contribution in [1.29, 1.82) is 0 Å². The first-order valence-electron chi connectivity index (χ1n) is 10.2. The highest BCUT2D eigenvalue weighted by Crippen LogP contribution is 2.10. The van der Waals surface area contributed by atoms with Gasteiger partial charge in [0.05, 0.1) is 12.6 Å². The van der Waals surface area contributed by atoms with Crippen molar-refractivity contribution in [3.8, 4) is 0 Å². The van der Waals surface area contributed by atoms with Crippen LogP contribution in [0.4, 0.5) is 5.69 Å². The summed E-state index contributed by atoms with van der Waals surface area (Å²) in [7, 11) is 0. The lowest BCUT2D eigenvalue weighted by molar-refractivity contribution is -0.127. The molecule has 0 bridgehead atoms. The van der Waals surface area contributed by atoms with Crippen LogP contribution in [0.3, 0.4) is 0 Å². The second-order valence-electron chi connectivity index (χ2n) is 7.61. The molecule has 29 heavy (non-hydrogen) atoms. The Bertz CT molecular complexity index is 799. The molecule has 2 aromatic rings. The predicted molar refractivity (Wildman–Crippen MR) is 116 cm³/mol. The monoisotopic (exact) mass is 394 g/mol. The van der Waals surface area contributed by atoms with E-state index in [-0.39, 0.29) is 17.9 Å². The maximum atomic E-state index is 12.5. The van der Waals surface area contributed by atoms with E-state index >= 15 is 0 Å². The number of anilines is 1. The molecule has 0 aliphatic carbocycles. The Hall–Kier alpha value is -2.70. The summed E-state index contributed by atoms with van der Waals surface area (Å²) in [6.45, 7) is 7.98. The van der Waals surface area contributed by atoms with Gasteiger partial charge in [-0.15, -0.1) is 0 Å². The summed E-state index contributed by atoms with van der Waals surface area (Å²) in [5.41, 5.74) is 3.08. The SMILES string of the molecule is Cc1ccc(NC(=O)CN2CCN([C@H](C)C(=O)NCc3ccccc3)CC2)cc1. The number of nitrogens with one attached hydrogen (secondary N) is 2. The van der Waals surface area contributed by atoms with Gasteiger partial charge in [-0.2, -0.15) is 0 Å². The molecule has 2 aromatic carbocycles. The second-order valence-corrected chi connectivity index (χ2v) is 7.61. The Balaban J connectivity index is 1.39. The van der Waals surface area contributed by atoms with Crippen LogP contribution in [0.1, 0.15) is 18.1 Å². The van der Waals surface area contributed by atoms with Crippen molar-refractivity contribution >= 4 is 17.5 Å². The summed E-state index contributed by atoms with van der Waals surface area (Å²) in [5, 5.41) is 5.95. The van der Waals surface area contributed by atoms with E-state index in [0.29, 0.717) is 13.1 Å². The fourth-order valence-corrected chi connectivity index (χ4v) is 3.45. The molecule has 1 heterocycles.